The molecule has 2 aromatic rings. The molecule has 6 heteroatoms. The zero-order valence-electron chi connectivity index (χ0n) is 14.4. The number of carbonyl (C=O) groups excluding carboxylic acids is 1. The van der Waals surface area contributed by atoms with Crippen LogP contribution in [0.25, 0.3) is 5.82 Å². The monoisotopic (exact) mass is 327 g/mol. The summed E-state index contributed by atoms with van der Waals surface area (Å²) in [5, 5.41) is 7.20. The Morgan fingerprint density at radius 1 is 1.46 bits per heavy atom. The van der Waals surface area contributed by atoms with Gasteiger partial charge in [0, 0.05) is 37.7 Å². The first-order chi connectivity index (χ1) is 11.6. The molecule has 0 aliphatic carbocycles. The quantitative estimate of drug-likeness (QED) is 0.914. The van der Waals surface area contributed by atoms with Crippen molar-refractivity contribution in [1.82, 2.24) is 25.0 Å². The molecule has 0 aromatic carbocycles. The Kier molecular flexibility index (Phi) is 5.25. The Balaban J connectivity index is 1.54. The number of rotatable bonds is 5. The van der Waals surface area contributed by atoms with Crippen LogP contribution in [0.4, 0.5) is 0 Å². The first-order valence-corrected chi connectivity index (χ1v) is 8.61. The van der Waals surface area contributed by atoms with Gasteiger partial charge in [-0.25, -0.2) is 9.67 Å². The summed E-state index contributed by atoms with van der Waals surface area (Å²) in [6.45, 7) is 7.50. The third-order valence-corrected chi connectivity index (χ3v) is 4.40. The molecule has 128 valence electrons. The largest absolute Gasteiger partial charge is 0.348 e. The minimum atomic E-state index is -0.0768. The van der Waals surface area contributed by atoms with Crippen LogP contribution in [0.2, 0.25) is 0 Å². The topological polar surface area (TPSA) is 63.1 Å². The normalized spacial score (nSPS) is 19.8. The highest BCUT2D eigenvalue weighted by molar-refractivity contribution is 5.94. The van der Waals surface area contributed by atoms with E-state index in [0.29, 0.717) is 11.4 Å². The van der Waals surface area contributed by atoms with Crippen LogP contribution in [-0.4, -0.2) is 51.2 Å². The van der Waals surface area contributed by atoms with Crippen LogP contribution < -0.4 is 5.32 Å². The average Bonchev–Trinajstić information content (AvgIpc) is 3.09. The molecule has 6 nitrogen and oxygen atoms in total. The van der Waals surface area contributed by atoms with E-state index >= 15 is 0 Å². The maximum Gasteiger partial charge on any atom is 0.253 e. The fourth-order valence-electron chi connectivity index (χ4n) is 3.25. The first kappa shape index (κ1) is 16.6. The Labute approximate surface area is 142 Å². The van der Waals surface area contributed by atoms with E-state index in [9.17, 15) is 4.79 Å². The van der Waals surface area contributed by atoms with Crippen LogP contribution in [0.3, 0.4) is 0 Å². The summed E-state index contributed by atoms with van der Waals surface area (Å²) in [5.74, 6) is 1.37. The molecule has 0 bridgehead atoms. The standard InChI is InChI=1S/C18H25N5O/c1-14-5-3-9-22(12-14)13-15(2)21-18(24)16-6-7-17(19-11-16)23-10-4-8-20-23/h4,6-8,10-11,14-15H,3,5,9,12-13H2,1-2H3,(H,21,24). The number of nitrogens with one attached hydrogen (secondary N) is 1. The van der Waals surface area contributed by atoms with Crippen LogP contribution in [0, 0.1) is 5.92 Å². The molecular formula is C18H25N5O. The number of likely N-dealkylation sites (tertiary alicyclic amines) is 1. The number of hydrogen-bond acceptors (Lipinski definition) is 4. The van der Waals surface area contributed by atoms with Crippen LogP contribution >= 0.6 is 0 Å². The van der Waals surface area contributed by atoms with Gasteiger partial charge in [0.1, 0.15) is 0 Å². The zero-order valence-corrected chi connectivity index (χ0v) is 14.4. The fourth-order valence-corrected chi connectivity index (χ4v) is 3.25. The molecule has 24 heavy (non-hydrogen) atoms. The third-order valence-electron chi connectivity index (χ3n) is 4.40. The van der Waals surface area contributed by atoms with Gasteiger partial charge in [0.15, 0.2) is 5.82 Å². The van der Waals surface area contributed by atoms with Crippen molar-refractivity contribution >= 4 is 5.91 Å². The van der Waals surface area contributed by atoms with Crippen molar-refractivity contribution in [2.75, 3.05) is 19.6 Å². The molecule has 1 aliphatic rings. The number of amides is 1. The van der Waals surface area contributed by atoms with Crippen molar-refractivity contribution < 1.29 is 4.79 Å². The van der Waals surface area contributed by atoms with E-state index in [1.54, 1.807) is 29.2 Å². The molecule has 1 aliphatic heterocycles. The maximum atomic E-state index is 12.4. The molecule has 1 fully saturated rings. The highest BCUT2D eigenvalue weighted by atomic mass is 16.1. The number of nitrogens with zero attached hydrogens (tertiary/aromatic N) is 4. The summed E-state index contributed by atoms with van der Waals surface area (Å²) in [6.07, 6.45) is 7.68. The van der Waals surface area contributed by atoms with Gasteiger partial charge < -0.3 is 10.2 Å². The third kappa shape index (κ3) is 4.20. The van der Waals surface area contributed by atoms with E-state index < -0.39 is 0 Å². The Bertz CT molecular complexity index is 653. The first-order valence-electron chi connectivity index (χ1n) is 8.61. The fraction of sp³-hybridized carbons (Fsp3) is 0.500. The lowest BCUT2D eigenvalue weighted by molar-refractivity contribution is 0.0919. The van der Waals surface area contributed by atoms with Crippen molar-refractivity contribution in [3.8, 4) is 5.82 Å². The molecule has 3 rings (SSSR count). The second-order valence-electron chi connectivity index (χ2n) is 6.74. The number of pyridine rings is 1. The van der Waals surface area contributed by atoms with Gasteiger partial charge in [0.25, 0.3) is 5.91 Å². The van der Waals surface area contributed by atoms with Crippen molar-refractivity contribution in [3.63, 3.8) is 0 Å². The van der Waals surface area contributed by atoms with Gasteiger partial charge in [0.2, 0.25) is 0 Å². The van der Waals surface area contributed by atoms with Gasteiger partial charge in [-0.15, -0.1) is 0 Å². The molecule has 1 N–H and O–H groups in total. The SMILES string of the molecule is CC1CCCN(CC(C)NC(=O)c2ccc(-n3cccn3)nc2)C1. The molecule has 3 heterocycles. The summed E-state index contributed by atoms with van der Waals surface area (Å²) in [4.78, 5) is 19.1. The molecule has 1 amide bonds. The van der Waals surface area contributed by atoms with Crippen molar-refractivity contribution in [3.05, 3.63) is 42.4 Å². The van der Waals surface area contributed by atoms with Gasteiger partial charge in [-0.2, -0.15) is 5.10 Å². The second-order valence-corrected chi connectivity index (χ2v) is 6.74. The van der Waals surface area contributed by atoms with E-state index in [0.717, 1.165) is 25.6 Å². The number of hydrogen-bond donors (Lipinski definition) is 1. The summed E-state index contributed by atoms with van der Waals surface area (Å²) < 4.78 is 1.67. The Morgan fingerprint density at radius 2 is 2.33 bits per heavy atom. The molecular weight excluding hydrogens is 302 g/mol. The summed E-state index contributed by atoms with van der Waals surface area (Å²) >= 11 is 0. The summed E-state index contributed by atoms with van der Waals surface area (Å²) in [5.41, 5.74) is 0.574. The van der Waals surface area contributed by atoms with Gasteiger partial charge in [-0.1, -0.05) is 6.92 Å². The molecule has 0 radical (unpaired) electrons. The highest BCUT2D eigenvalue weighted by Crippen LogP contribution is 2.15. The van der Waals surface area contributed by atoms with Gasteiger partial charge >= 0.3 is 0 Å². The summed E-state index contributed by atoms with van der Waals surface area (Å²) in [7, 11) is 0. The summed E-state index contributed by atoms with van der Waals surface area (Å²) in [6, 6.07) is 5.55. The lowest BCUT2D eigenvalue weighted by Crippen LogP contribution is -2.45. The molecule has 0 spiro atoms. The lowest BCUT2D eigenvalue weighted by atomic mass is 10.00. The minimum absolute atomic E-state index is 0.0768. The smallest absolute Gasteiger partial charge is 0.253 e. The van der Waals surface area contributed by atoms with Gasteiger partial charge in [-0.05, 0) is 50.4 Å². The van der Waals surface area contributed by atoms with E-state index in [2.05, 4.69) is 34.1 Å². The zero-order chi connectivity index (χ0) is 16.9. The van der Waals surface area contributed by atoms with Crippen LogP contribution in [0.5, 0.6) is 0 Å². The van der Waals surface area contributed by atoms with Crippen molar-refractivity contribution in [1.29, 1.82) is 0 Å². The van der Waals surface area contributed by atoms with E-state index in [1.807, 2.05) is 12.3 Å². The maximum absolute atomic E-state index is 12.4. The van der Waals surface area contributed by atoms with E-state index in [1.165, 1.54) is 12.8 Å². The molecule has 2 unspecified atom stereocenters. The van der Waals surface area contributed by atoms with E-state index in [4.69, 9.17) is 0 Å². The number of piperidine rings is 1. The van der Waals surface area contributed by atoms with E-state index in [-0.39, 0.29) is 11.9 Å². The Morgan fingerprint density at radius 3 is 3.00 bits per heavy atom. The van der Waals surface area contributed by atoms with Crippen molar-refractivity contribution in [2.45, 2.75) is 32.7 Å². The van der Waals surface area contributed by atoms with Gasteiger partial charge in [-0.3, -0.25) is 4.79 Å². The molecule has 2 aromatic heterocycles. The molecule has 0 saturated carbocycles. The highest BCUT2D eigenvalue weighted by Gasteiger charge is 2.19. The minimum Gasteiger partial charge on any atom is -0.348 e. The second kappa shape index (κ2) is 7.57. The van der Waals surface area contributed by atoms with Crippen LogP contribution in [0.15, 0.2) is 36.8 Å². The predicted molar refractivity (Wildman–Crippen MR) is 93.1 cm³/mol. The Hall–Kier alpha value is -2.21. The molecule has 1 saturated heterocycles. The average molecular weight is 327 g/mol. The van der Waals surface area contributed by atoms with Crippen LogP contribution in [-0.2, 0) is 0 Å². The molecule has 2 atom stereocenters. The lowest BCUT2D eigenvalue weighted by Gasteiger charge is -2.32. The number of aromatic nitrogens is 3. The predicted octanol–water partition coefficient (Wildman–Crippen LogP) is 2.12. The van der Waals surface area contributed by atoms with Crippen LogP contribution in [0.1, 0.15) is 37.0 Å². The number of carbonyl (C=O) groups is 1. The van der Waals surface area contributed by atoms with Gasteiger partial charge in [0.05, 0.1) is 5.56 Å². The van der Waals surface area contributed by atoms with Crippen molar-refractivity contribution in [2.24, 2.45) is 5.92 Å².